The molecule has 3 aliphatic rings. The van der Waals surface area contributed by atoms with E-state index in [-0.39, 0.29) is 18.0 Å². The minimum atomic E-state index is -0.173. The van der Waals surface area contributed by atoms with Crippen molar-refractivity contribution in [3.8, 4) is 0 Å². The molecule has 0 aliphatic carbocycles. The Bertz CT molecular complexity index is 995. The summed E-state index contributed by atoms with van der Waals surface area (Å²) in [6.07, 6.45) is 6.97. The fraction of sp³-hybridized carbons (Fsp3) is 0.615. The average molecular weight is 480 g/mol. The summed E-state index contributed by atoms with van der Waals surface area (Å²) < 4.78 is 1.83. The number of benzene rings is 1. The van der Waals surface area contributed by atoms with Crippen LogP contribution in [0.3, 0.4) is 0 Å². The normalized spacial score (nSPS) is 26.9. The fourth-order valence-electron chi connectivity index (χ4n) is 6.11. The lowest BCUT2D eigenvalue weighted by Gasteiger charge is -2.51. The number of piperidine rings is 2. The molecule has 2 bridgehead atoms. The van der Waals surface area contributed by atoms with Gasteiger partial charge < -0.3 is 15.5 Å². The number of fused-ring (bicyclic) bond motifs is 5. The first-order valence-electron chi connectivity index (χ1n) is 13.1. The predicted molar refractivity (Wildman–Crippen MR) is 132 cm³/mol. The molecule has 3 atom stereocenters. The highest BCUT2D eigenvalue weighted by Crippen LogP contribution is 2.36. The molecule has 3 amide bonds. The summed E-state index contributed by atoms with van der Waals surface area (Å²) in [5.74, 6) is 1.31. The third-order valence-corrected chi connectivity index (χ3v) is 7.71. The van der Waals surface area contributed by atoms with Crippen LogP contribution in [0.1, 0.15) is 49.8 Å². The first kappa shape index (κ1) is 23.8. The molecule has 1 aromatic heterocycles. The van der Waals surface area contributed by atoms with Gasteiger partial charge >= 0.3 is 6.03 Å². The van der Waals surface area contributed by atoms with Gasteiger partial charge in [0.1, 0.15) is 0 Å². The number of hydrogen-bond acceptors (Lipinski definition) is 5. The maximum Gasteiger partial charge on any atom is 0.315 e. The van der Waals surface area contributed by atoms with Crippen LogP contribution in [0.25, 0.3) is 0 Å². The molecular weight excluding hydrogens is 442 g/mol. The Balaban J connectivity index is 1.26. The molecule has 2 N–H and O–H groups in total. The number of nitrogens with zero attached hydrogens (tertiary/aromatic N) is 5. The molecule has 9 nitrogen and oxygen atoms in total. The monoisotopic (exact) mass is 479 g/mol. The van der Waals surface area contributed by atoms with Crippen molar-refractivity contribution in [2.75, 3.05) is 26.2 Å². The van der Waals surface area contributed by atoms with Gasteiger partial charge in [-0.15, -0.1) is 5.10 Å². The highest BCUT2D eigenvalue weighted by molar-refractivity contribution is 5.76. The van der Waals surface area contributed by atoms with E-state index in [9.17, 15) is 9.59 Å². The Morgan fingerprint density at radius 2 is 1.89 bits per heavy atom. The van der Waals surface area contributed by atoms with Crippen molar-refractivity contribution in [2.45, 2.75) is 64.2 Å². The zero-order chi connectivity index (χ0) is 24.0. The number of carbonyl (C=O) groups is 2. The first-order valence-corrected chi connectivity index (χ1v) is 13.1. The van der Waals surface area contributed by atoms with Gasteiger partial charge in [-0.2, -0.15) is 0 Å². The molecule has 3 aliphatic heterocycles. The van der Waals surface area contributed by atoms with E-state index in [0.29, 0.717) is 37.9 Å². The van der Waals surface area contributed by atoms with E-state index in [1.54, 1.807) is 6.20 Å². The van der Waals surface area contributed by atoms with Crippen LogP contribution in [0.5, 0.6) is 0 Å². The second-order valence-electron chi connectivity index (χ2n) is 10.3. The summed E-state index contributed by atoms with van der Waals surface area (Å²) in [6.45, 7) is 5.62. The maximum atomic E-state index is 13.4. The Morgan fingerprint density at radius 3 is 2.77 bits per heavy atom. The van der Waals surface area contributed by atoms with Crippen LogP contribution in [0.4, 0.5) is 4.79 Å². The number of aryl methyl sites for hydroxylation is 1. The van der Waals surface area contributed by atoms with Gasteiger partial charge in [0.2, 0.25) is 5.91 Å². The minimum Gasteiger partial charge on any atom is -0.339 e. The van der Waals surface area contributed by atoms with Crippen LogP contribution in [-0.4, -0.2) is 69.0 Å². The van der Waals surface area contributed by atoms with Crippen molar-refractivity contribution < 1.29 is 9.59 Å². The van der Waals surface area contributed by atoms with Gasteiger partial charge in [-0.05, 0) is 49.5 Å². The molecule has 0 saturated carbocycles. The molecule has 0 spiro atoms. The van der Waals surface area contributed by atoms with E-state index in [1.807, 2.05) is 4.68 Å². The van der Waals surface area contributed by atoms with Crippen LogP contribution in [0.15, 0.2) is 36.5 Å². The highest BCUT2D eigenvalue weighted by Gasteiger charge is 2.42. The molecule has 35 heavy (non-hydrogen) atoms. The van der Waals surface area contributed by atoms with E-state index in [4.69, 9.17) is 0 Å². The number of rotatable bonds is 2. The molecule has 5 rings (SSSR count). The molecule has 0 radical (unpaired) electrons. The lowest BCUT2D eigenvalue weighted by atomic mass is 9.77. The molecule has 9 heteroatoms. The van der Waals surface area contributed by atoms with Crippen molar-refractivity contribution in [3.63, 3.8) is 0 Å². The highest BCUT2D eigenvalue weighted by atomic mass is 16.2. The van der Waals surface area contributed by atoms with E-state index >= 15 is 0 Å². The second-order valence-corrected chi connectivity index (χ2v) is 10.3. The third-order valence-electron chi connectivity index (χ3n) is 7.71. The van der Waals surface area contributed by atoms with Gasteiger partial charge in [0.15, 0.2) is 0 Å². The van der Waals surface area contributed by atoms with Crippen molar-refractivity contribution in [3.05, 3.63) is 47.8 Å². The number of nitrogens with one attached hydrogen (secondary N) is 2. The molecule has 4 heterocycles. The van der Waals surface area contributed by atoms with E-state index in [2.05, 4.69) is 61.1 Å². The molecule has 2 saturated heterocycles. The SMILES string of the molecule is O=C1NCCCC2[C@H]3CC(CN(Cc4ccccc4)C3)CN2C(=O)CCCCn2nncc2CN1. The van der Waals surface area contributed by atoms with Gasteiger partial charge in [-0.1, -0.05) is 35.5 Å². The molecule has 2 unspecified atom stereocenters. The van der Waals surface area contributed by atoms with Crippen molar-refractivity contribution >= 4 is 11.9 Å². The lowest BCUT2D eigenvalue weighted by Crippen LogP contribution is -2.59. The van der Waals surface area contributed by atoms with Crippen LogP contribution >= 0.6 is 0 Å². The average Bonchev–Trinajstić information content (AvgIpc) is 3.31. The summed E-state index contributed by atoms with van der Waals surface area (Å²) in [5, 5.41) is 14.0. The van der Waals surface area contributed by atoms with Crippen molar-refractivity contribution in [1.82, 2.24) is 35.4 Å². The second kappa shape index (κ2) is 11.2. The quantitative estimate of drug-likeness (QED) is 0.690. The summed E-state index contributed by atoms with van der Waals surface area (Å²) in [5.41, 5.74) is 2.23. The predicted octanol–water partition coefficient (Wildman–Crippen LogP) is 2.39. The van der Waals surface area contributed by atoms with Crippen LogP contribution in [-0.2, 0) is 24.4 Å². The number of amides is 3. The van der Waals surface area contributed by atoms with Gasteiger partial charge in [0, 0.05) is 51.7 Å². The van der Waals surface area contributed by atoms with Gasteiger partial charge in [0.25, 0.3) is 0 Å². The number of hydrogen-bond donors (Lipinski definition) is 2. The standard InChI is InChI=1S/C26H37N7O2/c34-25-10-4-5-12-33-23(15-29-30-33)14-28-26(35)27-11-6-9-24-22-13-21(18-32(24)25)17-31(19-22)16-20-7-2-1-3-8-20/h1-3,7-8,15,21-22,24H,4-6,9-14,16-19H2,(H2,27,28,35)/t21?,22-,24?/m0/s1. The van der Waals surface area contributed by atoms with Crippen LogP contribution < -0.4 is 10.6 Å². The van der Waals surface area contributed by atoms with Crippen LogP contribution in [0, 0.1) is 11.8 Å². The third kappa shape index (κ3) is 6.01. The van der Waals surface area contributed by atoms with E-state index in [1.165, 1.54) is 12.0 Å². The Kier molecular flexibility index (Phi) is 7.61. The largest absolute Gasteiger partial charge is 0.339 e. The minimum absolute atomic E-state index is 0.173. The van der Waals surface area contributed by atoms with Crippen molar-refractivity contribution in [2.24, 2.45) is 11.8 Å². The smallest absolute Gasteiger partial charge is 0.315 e. The van der Waals surface area contributed by atoms with Gasteiger partial charge in [-0.3, -0.25) is 9.69 Å². The van der Waals surface area contributed by atoms with Crippen molar-refractivity contribution in [1.29, 1.82) is 0 Å². The van der Waals surface area contributed by atoms with E-state index in [0.717, 1.165) is 57.6 Å². The molecule has 188 valence electrons. The topological polar surface area (TPSA) is 95.4 Å². The van der Waals surface area contributed by atoms with E-state index < -0.39 is 0 Å². The summed E-state index contributed by atoms with van der Waals surface area (Å²) in [4.78, 5) is 30.5. The maximum absolute atomic E-state index is 13.4. The molecule has 2 aromatic rings. The number of carbonyl (C=O) groups excluding carboxylic acids is 2. The Hall–Kier alpha value is -2.94. The number of urea groups is 1. The summed E-state index contributed by atoms with van der Waals surface area (Å²) in [7, 11) is 0. The summed E-state index contributed by atoms with van der Waals surface area (Å²) in [6, 6.07) is 10.8. The molecular formula is C26H37N7O2. The molecule has 1 aromatic carbocycles. The van der Waals surface area contributed by atoms with Crippen LogP contribution in [0.2, 0.25) is 0 Å². The first-order chi connectivity index (χ1) is 17.2. The molecule has 2 fully saturated rings. The Morgan fingerprint density at radius 1 is 1.00 bits per heavy atom. The Labute approximate surface area is 207 Å². The number of aromatic nitrogens is 3. The zero-order valence-corrected chi connectivity index (χ0v) is 20.4. The van der Waals surface area contributed by atoms with Gasteiger partial charge in [0.05, 0.1) is 18.4 Å². The van der Waals surface area contributed by atoms with Gasteiger partial charge in [-0.25, -0.2) is 9.48 Å². The lowest BCUT2D eigenvalue weighted by molar-refractivity contribution is -0.141. The summed E-state index contributed by atoms with van der Waals surface area (Å²) >= 11 is 0. The number of likely N-dealkylation sites (tertiary alicyclic amines) is 1. The fourth-order valence-corrected chi connectivity index (χ4v) is 6.11. The zero-order valence-electron chi connectivity index (χ0n) is 20.4.